The van der Waals surface area contributed by atoms with Crippen molar-refractivity contribution in [3.8, 4) is 0 Å². The number of thioether (sulfide) groups is 1. The van der Waals surface area contributed by atoms with Crippen molar-refractivity contribution in [3.63, 3.8) is 0 Å². The maximum atomic E-state index is 12.5. The number of nitrogens with zero attached hydrogens (tertiary/aromatic N) is 2. The fourth-order valence-electron chi connectivity index (χ4n) is 2.91. The molecule has 3 rings (SSSR count). The summed E-state index contributed by atoms with van der Waals surface area (Å²) in [5, 5.41) is 3.28. The van der Waals surface area contributed by atoms with E-state index in [1.54, 1.807) is 30.3 Å². The van der Waals surface area contributed by atoms with Gasteiger partial charge in [0, 0.05) is 24.8 Å². The van der Waals surface area contributed by atoms with Crippen molar-refractivity contribution in [2.75, 3.05) is 24.2 Å². The molecule has 1 aromatic heterocycles. The summed E-state index contributed by atoms with van der Waals surface area (Å²) in [6.45, 7) is 2.53. The maximum absolute atomic E-state index is 12.5. The number of para-hydroxylation sites is 1. The Hall–Kier alpha value is -2.23. The molecular formula is C19H21N3O4S2. The van der Waals surface area contributed by atoms with Crippen molar-refractivity contribution in [3.05, 3.63) is 48.2 Å². The first-order valence-corrected chi connectivity index (χ1v) is 11.3. The molecule has 0 radical (unpaired) electrons. The molecule has 0 atom stereocenters. The largest absolute Gasteiger partial charge is 0.325 e. The number of benzene rings is 1. The molecule has 0 aliphatic carbocycles. The molecule has 1 saturated heterocycles. The van der Waals surface area contributed by atoms with Crippen molar-refractivity contribution in [2.24, 2.45) is 0 Å². The van der Waals surface area contributed by atoms with Crippen LogP contribution in [0.1, 0.15) is 30.1 Å². The van der Waals surface area contributed by atoms with Crippen LogP contribution in [0.5, 0.6) is 0 Å². The third-order valence-corrected chi connectivity index (χ3v) is 7.17. The van der Waals surface area contributed by atoms with Gasteiger partial charge in [-0.05, 0) is 44.0 Å². The third kappa shape index (κ3) is 4.78. The first kappa shape index (κ1) is 20.5. The Morgan fingerprint density at radius 1 is 1.14 bits per heavy atom. The Kier molecular flexibility index (Phi) is 6.48. The standard InChI is InChI=1S/C19H21N3O4S2/c1-14(23)16-6-2-3-7-17(16)21-18(24)13-27-19-9-8-15(12-20-19)28(25,26)22-10-4-5-11-22/h2-3,6-9,12H,4-5,10-11,13H2,1H3,(H,21,24). The first-order valence-electron chi connectivity index (χ1n) is 8.87. The molecule has 0 spiro atoms. The van der Waals surface area contributed by atoms with Crippen LogP contribution in [0.3, 0.4) is 0 Å². The SMILES string of the molecule is CC(=O)c1ccccc1NC(=O)CSc1ccc(S(=O)(=O)N2CCCC2)cn1. The number of nitrogens with one attached hydrogen (secondary N) is 1. The average molecular weight is 420 g/mol. The number of aromatic nitrogens is 1. The summed E-state index contributed by atoms with van der Waals surface area (Å²) in [5.41, 5.74) is 0.927. The number of hydrogen-bond donors (Lipinski definition) is 1. The second-order valence-corrected chi connectivity index (χ2v) is 9.32. The number of Topliss-reactive ketones (excluding diaryl/α,β-unsaturated/α-hetero) is 1. The topological polar surface area (TPSA) is 96.4 Å². The van der Waals surface area contributed by atoms with E-state index in [4.69, 9.17) is 0 Å². The molecule has 1 aromatic carbocycles. The number of amides is 1. The Labute approximate surface area is 168 Å². The molecule has 1 aliphatic heterocycles. The predicted octanol–water partition coefficient (Wildman–Crippen LogP) is 2.80. The fraction of sp³-hybridized carbons (Fsp3) is 0.316. The highest BCUT2D eigenvalue weighted by molar-refractivity contribution is 7.99. The van der Waals surface area contributed by atoms with E-state index in [1.165, 1.54) is 35.3 Å². The summed E-state index contributed by atoms with van der Waals surface area (Å²) in [6.07, 6.45) is 3.09. The van der Waals surface area contributed by atoms with Crippen LogP contribution in [-0.4, -0.2) is 48.2 Å². The van der Waals surface area contributed by atoms with E-state index < -0.39 is 10.0 Å². The summed E-state index contributed by atoms with van der Waals surface area (Å²) >= 11 is 1.20. The Morgan fingerprint density at radius 3 is 2.50 bits per heavy atom. The minimum absolute atomic E-state index is 0.0947. The second-order valence-electron chi connectivity index (χ2n) is 6.38. The highest BCUT2D eigenvalue weighted by atomic mass is 32.2. The zero-order valence-electron chi connectivity index (χ0n) is 15.4. The van der Waals surface area contributed by atoms with Crippen LogP contribution in [0.25, 0.3) is 0 Å². The molecule has 1 fully saturated rings. The number of rotatable bonds is 7. The highest BCUT2D eigenvalue weighted by Gasteiger charge is 2.27. The van der Waals surface area contributed by atoms with Gasteiger partial charge in [0.1, 0.15) is 4.90 Å². The lowest BCUT2D eigenvalue weighted by Crippen LogP contribution is -2.27. The van der Waals surface area contributed by atoms with Gasteiger partial charge in [-0.15, -0.1) is 0 Å². The molecule has 28 heavy (non-hydrogen) atoms. The van der Waals surface area contributed by atoms with Crippen LogP contribution < -0.4 is 5.32 Å². The van der Waals surface area contributed by atoms with Crippen LogP contribution in [0.15, 0.2) is 52.5 Å². The number of ketones is 1. The molecule has 148 valence electrons. The minimum Gasteiger partial charge on any atom is -0.325 e. The van der Waals surface area contributed by atoms with Crippen molar-refractivity contribution < 1.29 is 18.0 Å². The zero-order chi connectivity index (χ0) is 20.1. The van der Waals surface area contributed by atoms with E-state index >= 15 is 0 Å². The lowest BCUT2D eigenvalue weighted by Gasteiger charge is -2.15. The molecule has 2 aromatic rings. The van der Waals surface area contributed by atoms with Gasteiger partial charge in [-0.25, -0.2) is 13.4 Å². The molecular weight excluding hydrogens is 398 g/mol. The van der Waals surface area contributed by atoms with Gasteiger partial charge in [-0.1, -0.05) is 23.9 Å². The van der Waals surface area contributed by atoms with E-state index in [0.717, 1.165) is 12.8 Å². The van der Waals surface area contributed by atoms with Crippen LogP contribution in [0.2, 0.25) is 0 Å². The normalized spacial score (nSPS) is 14.8. The molecule has 0 unspecified atom stereocenters. The number of pyridine rings is 1. The smallest absolute Gasteiger partial charge is 0.244 e. The summed E-state index contributed by atoms with van der Waals surface area (Å²) < 4.78 is 26.4. The van der Waals surface area contributed by atoms with E-state index in [0.29, 0.717) is 29.4 Å². The van der Waals surface area contributed by atoms with Crippen LogP contribution in [-0.2, 0) is 14.8 Å². The van der Waals surface area contributed by atoms with E-state index in [9.17, 15) is 18.0 Å². The number of hydrogen-bond acceptors (Lipinski definition) is 6. The van der Waals surface area contributed by atoms with Gasteiger partial charge in [-0.3, -0.25) is 9.59 Å². The quantitative estimate of drug-likeness (QED) is 0.548. The van der Waals surface area contributed by atoms with E-state index in [-0.39, 0.29) is 22.3 Å². The Bertz CT molecular complexity index is 969. The van der Waals surface area contributed by atoms with Gasteiger partial charge in [0.15, 0.2) is 5.78 Å². The Balaban J connectivity index is 1.59. The monoisotopic (exact) mass is 419 g/mol. The maximum Gasteiger partial charge on any atom is 0.244 e. The number of sulfonamides is 1. The minimum atomic E-state index is -3.49. The molecule has 2 heterocycles. The first-order chi connectivity index (χ1) is 13.4. The molecule has 9 heteroatoms. The summed E-state index contributed by atoms with van der Waals surface area (Å²) in [4.78, 5) is 28.1. The number of carbonyl (C=O) groups is 2. The lowest BCUT2D eigenvalue weighted by molar-refractivity contribution is -0.113. The van der Waals surface area contributed by atoms with E-state index in [1.807, 2.05) is 0 Å². The molecule has 0 saturated carbocycles. The van der Waals surface area contributed by atoms with Crippen LogP contribution >= 0.6 is 11.8 Å². The summed E-state index contributed by atoms with van der Waals surface area (Å²) in [5.74, 6) is -0.299. The average Bonchev–Trinajstić information content (AvgIpc) is 3.23. The molecule has 1 N–H and O–H groups in total. The van der Waals surface area contributed by atoms with Gasteiger partial charge in [0.05, 0.1) is 16.5 Å². The van der Waals surface area contributed by atoms with E-state index in [2.05, 4.69) is 10.3 Å². The van der Waals surface area contributed by atoms with Gasteiger partial charge in [-0.2, -0.15) is 4.31 Å². The fourth-order valence-corrected chi connectivity index (χ4v) is 5.01. The third-order valence-electron chi connectivity index (χ3n) is 4.34. The van der Waals surface area contributed by atoms with Crippen LogP contribution in [0.4, 0.5) is 5.69 Å². The molecule has 1 aliphatic rings. The van der Waals surface area contributed by atoms with Gasteiger partial charge in [0.2, 0.25) is 15.9 Å². The number of carbonyl (C=O) groups excluding carboxylic acids is 2. The van der Waals surface area contributed by atoms with Crippen molar-refractivity contribution >= 4 is 39.2 Å². The number of anilines is 1. The summed E-state index contributed by atoms with van der Waals surface area (Å²) in [7, 11) is -3.49. The van der Waals surface area contributed by atoms with Gasteiger partial charge < -0.3 is 5.32 Å². The van der Waals surface area contributed by atoms with Crippen molar-refractivity contribution in [2.45, 2.75) is 29.7 Å². The van der Waals surface area contributed by atoms with Gasteiger partial charge >= 0.3 is 0 Å². The van der Waals surface area contributed by atoms with Crippen molar-refractivity contribution in [1.82, 2.24) is 9.29 Å². The lowest BCUT2D eigenvalue weighted by atomic mass is 10.1. The van der Waals surface area contributed by atoms with Crippen molar-refractivity contribution in [1.29, 1.82) is 0 Å². The van der Waals surface area contributed by atoms with Gasteiger partial charge in [0.25, 0.3) is 0 Å². The highest BCUT2D eigenvalue weighted by Crippen LogP contribution is 2.23. The molecule has 0 bridgehead atoms. The second kappa shape index (κ2) is 8.85. The van der Waals surface area contributed by atoms with Crippen LogP contribution in [0, 0.1) is 0 Å². The summed E-state index contributed by atoms with van der Waals surface area (Å²) in [6, 6.07) is 9.94. The molecule has 1 amide bonds. The Morgan fingerprint density at radius 2 is 1.86 bits per heavy atom. The zero-order valence-corrected chi connectivity index (χ0v) is 17.1. The predicted molar refractivity (Wildman–Crippen MR) is 108 cm³/mol. The molecule has 7 nitrogen and oxygen atoms in total.